The van der Waals surface area contributed by atoms with Crippen molar-refractivity contribution in [1.82, 2.24) is 0 Å². The maximum Gasteiger partial charge on any atom is 0.123 e. The lowest BCUT2D eigenvalue weighted by molar-refractivity contribution is 0.146. The first-order valence-corrected chi connectivity index (χ1v) is 6.15. The molecule has 17 heavy (non-hydrogen) atoms. The minimum absolute atomic E-state index is 0.211. The zero-order valence-electron chi connectivity index (χ0n) is 11.5. The van der Waals surface area contributed by atoms with Gasteiger partial charge in [0.2, 0.25) is 0 Å². The minimum atomic E-state index is -0.491. The zero-order valence-corrected chi connectivity index (χ0v) is 11.5. The van der Waals surface area contributed by atoms with Gasteiger partial charge in [-0.3, -0.25) is 0 Å². The lowest BCUT2D eigenvalue weighted by Gasteiger charge is -2.22. The second-order valence-electron chi connectivity index (χ2n) is 6.07. The van der Waals surface area contributed by atoms with E-state index in [4.69, 9.17) is 0 Å². The van der Waals surface area contributed by atoms with Crippen LogP contribution in [0.2, 0.25) is 0 Å². The van der Waals surface area contributed by atoms with E-state index in [1.54, 1.807) is 0 Å². The molecule has 1 aromatic carbocycles. The molecule has 0 spiro atoms. The normalized spacial score (nSPS) is 13.8. The second-order valence-corrected chi connectivity index (χ2v) is 6.07. The maximum absolute atomic E-state index is 13.2. The fourth-order valence-corrected chi connectivity index (χ4v) is 2.16. The molecule has 0 bridgehead atoms. The molecule has 0 aliphatic heterocycles. The molecule has 96 valence electrons. The van der Waals surface area contributed by atoms with Gasteiger partial charge in [-0.15, -0.1) is 0 Å². The highest BCUT2D eigenvalue weighted by Gasteiger charge is 2.18. The predicted octanol–water partition coefficient (Wildman–Crippen LogP) is 4.30. The largest absolute Gasteiger partial charge is 0.388 e. The Morgan fingerprint density at radius 1 is 1.18 bits per heavy atom. The average molecular weight is 238 g/mol. The van der Waals surface area contributed by atoms with E-state index in [0.717, 1.165) is 29.5 Å². The molecule has 0 saturated heterocycles. The number of benzene rings is 1. The molecule has 1 aromatic rings. The standard InChI is InChI=1S/C15H23FO/c1-10-8-12(16)9-11(2)14(10)13(17)6-7-15(3,4)5/h8-9,13,17H,6-7H2,1-5H3. The van der Waals surface area contributed by atoms with Crippen molar-refractivity contribution in [2.24, 2.45) is 5.41 Å². The molecule has 1 nitrogen and oxygen atoms in total. The van der Waals surface area contributed by atoms with Crippen molar-refractivity contribution in [2.45, 2.75) is 53.6 Å². The van der Waals surface area contributed by atoms with Gasteiger partial charge in [-0.2, -0.15) is 0 Å². The summed E-state index contributed by atoms with van der Waals surface area (Å²) in [7, 11) is 0. The van der Waals surface area contributed by atoms with E-state index in [0.29, 0.717) is 0 Å². The Bertz CT molecular complexity index is 367. The van der Waals surface area contributed by atoms with E-state index in [-0.39, 0.29) is 11.2 Å². The predicted molar refractivity (Wildman–Crippen MR) is 69.5 cm³/mol. The van der Waals surface area contributed by atoms with Crippen molar-refractivity contribution >= 4 is 0 Å². The van der Waals surface area contributed by atoms with Crippen LogP contribution in [0.15, 0.2) is 12.1 Å². The van der Waals surface area contributed by atoms with Crippen LogP contribution in [0, 0.1) is 25.1 Å². The molecule has 0 aliphatic rings. The highest BCUT2D eigenvalue weighted by Crippen LogP contribution is 2.30. The third-order valence-electron chi connectivity index (χ3n) is 3.06. The zero-order chi connectivity index (χ0) is 13.2. The Morgan fingerprint density at radius 3 is 2.06 bits per heavy atom. The van der Waals surface area contributed by atoms with Crippen molar-refractivity contribution in [3.8, 4) is 0 Å². The molecule has 1 unspecified atom stereocenters. The summed E-state index contributed by atoms with van der Waals surface area (Å²) in [5.41, 5.74) is 2.77. The number of halogens is 1. The van der Waals surface area contributed by atoms with Gasteiger partial charge in [0.15, 0.2) is 0 Å². The first-order valence-electron chi connectivity index (χ1n) is 6.15. The summed E-state index contributed by atoms with van der Waals surface area (Å²) in [5.74, 6) is -0.230. The summed E-state index contributed by atoms with van der Waals surface area (Å²) in [6.45, 7) is 10.2. The Hall–Kier alpha value is -0.890. The summed E-state index contributed by atoms with van der Waals surface area (Å²) < 4.78 is 13.2. The molecule has 1 N–H and O–H groups in total. The van der Waals surface area contributed by atoms with Crippen molar-refractivity contribution in [3.05, 3.63) is 34.6 Å². The van der Waals surface area contributed by atoms with Gasteiger partial charge in [0.25, 0.3) is 0 Å². The molecule has 0 aliphatic carbocycles. The van der Waals surface area contributed by atoms with Crippen LogP contribution in [0.3, 0.4) is 0 Å². The number of rotatable bonds is 3. The summed E-state index contributed by atoms with van der Waals surface area (Å²) in [6, 6.07) is 2.98. The molecule has 0 radical (unpaired) electrons. The molecule has 1 atom stereocenters. The van der Waals surface area contributed by atoms with Crippen molar-refractivity contribution in [1.29, 1.82) is 0 Å². The van der Waals surface area contributed by atoms with Crippen LogP contribution >= 0.6 is 0 Å². The van der Waals surface area contributed by atoms with Crippen molar-refractivity contribution < 1.29 is 9.50 Å². The Morgan fingerprint density at radius 2 is 1.65 bits per heavy atom. The lowest BCUT2D eigenvalue weighted by Crippen LogP contribution is -2.10. The number of hydrogen-bond donors (Lipinski definition) is 1. The Balaban J connectivity index is 2.86. The summed E-state index contributed by atoms with van der Waals surface area (Å²) in [5, 5.41) is 10.2. The van der Waals surface area contributed by atoms with E-state index in [2.05, 4.69) is 20.8 Å². The molecular weight excluding hydrogens is 215 g/mol. The molecule has 0 saturated carbocycles. The summed E-state index contributed by atoms with van der Waals surface area (Å²) in [4.78, 5) is 0. The molecule has 0 heterocycles. The lowest BCUT2D eigenvalue weighted by atomic mass is 9.86. The third kappa shape index (κ3) is 4.12. The first kappa shape index (κ1) is 14.2. The number of aliphatic hydroxyl groups excluding tert-OH is 1. The molecule has 1 rings (SSSR count). The molecular formula is C15H23FO. The fraction of sp³-hybridized carbons (Fsp3) is 0.600. The van der Waals surface area contributed by atoms with Gasteiger partial charge in [-0.05, 0) is 60.9 Å². The van der Waals surface area contributed by atoms with Gasteiger partial charge >= 0.3 is 0 Å². The SMILES string of the molecule is Cc1cc(F)cc(C)c1C(O)CCC(C)(C)C. The summed E-state index contributed by atoms with van der Waals surface area (Å²) in [6.07, 6.45) is 1.18. The van der Waals surface area contributed by atoms with Gasteiger partial charge in [0, 0.05) is 0 Å². The monoisotopic (exact) mass is 238 g/mol. The Labute approximate surface area is 104 Å². The highest BCUT2D eigenvalue weighted by atomic mass is 19.1. The minimum Gasteiger partial charge on any atom is -0.388 e. The number of hydrogen-bond acceptors (Lipinski definition) is 1. The molecule has 2 heteroatoms. The van der Waals surface area contributed by atoms with Crippen LogP contribution < -0.4 is 0 Å². The molecule has 0 aromatic heterocycles. The number of aliphatic hydroxyl groups is 1. The van der Waals surface area contributed by atoms with Crippen LogP contribution in [-0.4, -0.2) is 5.11 Å². The van der Waals surface area contributed by atoms with Crippen LogP contribution in [0.4, 0.5) is 4.39 Å². The van der Waals surface area contributed by atoms with E-state index in [1.807, 2.05) is 13.8 Å². The van der Waals surface area contributed by atoms with Gasteiger partial charge in [0.05, 0.1) is 6.10 Å². The topological polar surface area (TPSA) is 20.2 Å². The highest BCUT2D eigenvalue weighted by molar-refractivity contribution is 5.36. The first-order chi connectivity index (χ1) is 7.70. The van der Waals surface area contributed by atoms with E-state index >= 15 is 0 Å². The Kier molecular flexibility index (Phi) is 4.31. The fourth-order valence-electron chi connectivity index (χ4n) is 2.16. The summed E-state index contributed by atoms with van der Waals surface area (Å²) >= 11 is 0. The smallest absolute Gasteiger partial charge is 0.123 e. The van der Waals surface area contributed by atoms with Crippen LogP contribution in [0.25, 0.3) is 0 Å². The molecule has 0 amide bonds. The molecule has 0 fully saturated rings. The van der Waals surface area contributed by atoms with Crippen LogP contribution in [0.5, 0.6) is 0 Å². The maximum atomic E-state index is 13.2. The van der Waals surface area contributed by atoms with E-state index in [1.165, 1.54) is 12.1 Å². The van der Waals surface area contributed by atoms with Crippen molar-refractivity contribution in [3.63, 3.8) is 0 Å². The van der Waals surface area contributed by atoms with Gasteiger partial charge < -0.3 is 5.11 Å². The van der Waals surface area contributed by atoms with Gasteiger partial charge in [0.1, 0.15) is 5.82 Å². The second kappa shape index (κ2) is 5.18. The number of aryl methyl sites for hydroxylation is 2. The third-order valence-corrected chi connectivity index (χ3v) is 3.06. The van der Waals surface area contributed by atoms with Crippen molar-refractivity contribution in [2.75, 3.05) is 0 Å². The van der Waals surface area contributed by atoms with Gasteiger partial charge in [-0.25, -0.2) is 4.39 Å². The van der Waals surface area contributed by atoms with Gasteiger partial charge in [-0.1, -0.05) is 20.8 Å². The van der Waals surface area contributed by atoms with Crippen LogP contribution in [0.1, 0.15) is 56.4 Å². The van der Waals surface area contributed by atoms with E-state index in [9.17, 15) is 9.50 Å². The average Bonchev–Trinajstić information content (AvgIpc) is 2.11. The van der Waals surface area contributed by atoms with Crippen LogP contribution in [-0.2, 0) is 0 Å². The van der Waals surface area contributed by atoms with E-state index < -0.39 is 6.10 Å². The quantitative estimate of drug-likeness (QED) is 0.832.